The maximum atomic E-state index is 11.4. The molecule has 1 aromatic rings. The Morgan fingerprint density at radius 2 is 2.21 bits per heavy atom. The summed E-state index contributed by atoms with van der Waals surface area (Å²) in [6, 6.07) is 4.04. The lowest BCUT2D eigenvalue weighted by Gasteiger charge is -2.05. The Morgan fingerprint density at radius 1 is 1.43 bits per heavy atom. The molecule has 0 spiro atoms. The molecule has 1 fully saturated rings. The monoisotopic (exact) mass is 207 g/mol. The molecule has 0 bridgehead atoms. The number of aryl methyl sites for hydroxylation is 1. The van der Waals surface area contributed by atoms with Crippen LogP contribution in [0.3, 0.4) is 0 Å². The number of carbonyl (C=O) groups is 1. The molecular weight excluding hydrogens is 194 g/mol. The van der Waals surface area contributed by atoms with E-state index >= 15 is 0 Å². The number of carbonyl (C=O) groups excluding carboxylic acids is 1. The van der Waals surface area contributed by atoms with Crippen LogP contribution in [-0.4, -0.2) is 22.3 Å². The van der Waals surface area contributed by atoms with Crippen molar-refractivity contribution in [3.63, 3.8) is 0 Å². The van der Waals surface area contributed by atoms with Gasteiger partial charge in [0.15, 0.2) is 0 Å². The van der Waals surface area contributed by atoms with Crippen LogP contribution in [0.15, 0.2) is 24.5 Å². The van der Waals surface area contributed by atoms with Crippen LogP contribution >= 0.6 is 11.8 Å². The number of rotatable bonds is 3. The van der Waals surface area contributed by atoms with E-state index in [0.29, 0.717) is 11.7 Å². The first kappa shape index (κ1) is 9.71. The minimum absolute atomic E-state index is 0.299. The molecule has 1 saturated heterocycles. The molecular formula is C11H13NOS. The van der Waals surface area contributed by atoms with Gasteiger partial charge in [-0.2, -0.15) is 11.8 Å². The van der Waals surface area contributed by atoms with Crippen molar-refractivity contribution in [2.45, 2.75) is 12.8 Å². The second-order valence-corrected chi connectivity index (χ2v) is 4.60. The fourth-order valence-corrected chi connectivity index (χ4v) is 2.84. The number of nitrogens with zero attached hydrogens (tertiary/aromatic N) is 1. The van der Waals surface area contributed by atoms with Crippen LogP contribution in [0.4, 0.5) is 0 Å². The normalized spacial score (nSPS) is 21.4. The van der Waals surface area contributed by atoms with Crippen molar-refractivity contribution in [2.24, 2.45) is 5.92 Å². The minimum Gasteiger partial charge on any atom is -0.298 e. The Morgan fingerprint density at radius 3 is 2.86 bits per heavy atom. The van der Waals surface area contributed by atoms with Gasteiger partial charge in [0.25, 0.3) is 0 Å². The van der Waals surface area contributed by atoms with Gasteiger partial charge >= 0.3 is 0 Å². The Kier molecular flexibility index (Phi) is 3.19. The summed E-state index contributed by atoms with van der Waals surface area (Å²) >= 11 is 1.76. The van der Waals surface area contributed by atoms with E-state index in [9.17, 15) is 4.79 Å². The third kappa shape index (κ3) is 2.35. The second-order valence-electron chi connectivity index (χ2n) is 3.57. The first-order valence-electron chi connectivity index (χ1n) is 4.85. The van der Waals surface area contributed by atoms with Gasteiger partial charge in [-0.3, -0.25) is 9.78 Å². The third-order valence-corrected chi connectivity index (χ3v) is 3.68. The predicted octanol–water partition coefficient (Wildman–Crippen LogP) is 1.95. The maximum Gasteiger partial charge on any atom is 0.146 e. The SMILES string of the molecule is O=C1CSCC1CCc1ccncc1. The highest BCUT2D eigenvalue weighted by Gasteiger charge is 2.24. The summed E-state index contributed by atoms with van der Waals surface area (Å²) in [5, 5.41) is 0. The molecule has 1 aliphatic rings. The molecule has 74 valence electrons. The number of ketones is 1. The maximum absolute atomic E-state index is 11.4. The molecule has 0 aliphatic carbocycles. The standard InChI is InChI=1S/C11H13NOS/c13-11-8-14-7-10(11)2-1-9-3-5-12-6-4-9/h3-6,10H,1-2,7-8H2. The summed E-state index contributed by atoms with van der Waals surface area (Å²) < 4.78 is 0. The highest BCUT2D eigenvalue weighted by Crippen LogP contribution is 2.24. The average molecular weight is 207 g/mol. The highest BCUT2D eigenvalue weighted by atomic mass is 32.2. The summed E-state index contributed by atoms with van der Waals surface area (Å²) in [5.41, 5.74) is 1.28. The lowest BCUT2D eigenvalue weighted by atomic mass is 9.99. The molecule has 2 rings (SSSR count). The summed E-state index contributed by atoms with van der Waals surface area (Å²) in [4.78, 5) is 15.3. The number of thioether (sulfide) groups is 1. The largest absolute Gasteiger partial charge is 0.298 e. The highest BCUT2D eigenvalue weighted by molar-refractivity contribution is 8.00. The molecule has 2 heterocycles. The summed E-state index contributed by atoms with van der Waals surface area (Å²) in [7, 11) is 0. The number of hydrogen-bond donors (Lipinski definition) is 0. The molecule has 0 N–H and O–H groups in total. The van der Waals surface area contributed by atoms with Crippen LogP contribution in [0.1, 0.15) is 12.0 Å². The van der Waals surface area contributed by atoms with Gasteiger partial charge in [-0.15, -0.1) is 0 Å². The van der Waals surface area contributed by atoms with Crippen LogP contribution in [0.5, 0.6) is 0 Å². The Balaban J connectivity index is 1.85. The quantitative estimate of drug-likeness (QED) is 0.758. The molecule has 14 heavy (non-hydrogen) atoms. The van der Waals surface area contributed by atoms with E-state index < -0.39 is 0 Å². The van der Waals surface area contributed by atoms with Gasteiger partial charge in [0.1, 0.15) is 5.78 Å². The van der Waals surface area contributed by atoms with Gasteiger partial charge in [-0.1, -0.05) is 0 Å². The van der Waals surface area contributed by atoms with Crippen molar-refractivity contribution < 1.29 is 4.79 Å². The van der Waals surface area contributed by atoms with Crippen molar-refractivity contribution in [3.8, 4) is 0 Å². The number of hydrogen-bond acceptors (Lipinski definition) is 3. The van der Waals surface area contributed by atoms with Gasteiger partial charge in [0.2, 0.25) is 0 Å². The molecule has 0 amide bonds. The van der Waals surface area contributed by atoms with Crippen molar-refractivity contribution in [3.05, 3.63) is 30.1 Å². The molecule has 0 saturated carbocycles. The Labute approximate surface area is 88.1 Å². The van der Waals surface area contributed by atoms with Crippen molar-refractivity contribution in [1.82, 2.24) is 4.98 Å². The van der Waals surface area contributed by atoms with Gasteiger partial charge in [-0.25, -0.2) is 0 Å². The first-order chi connectivity index (χ1) is 6.86. The van der Waals surface area contributed by atoms with E-state index in [0.717, 1.165) is 24.3 Å². The van der Waals surface area contributed by atoms with E-state index in [1.807, 2.05) is 12.1 Å². The van der Waals surface area contributed by atoms with Crippen LogP contribution in [-0.2, 0) is 11.2 Å². The van der Waals surface area contributed by atoms with Crippen LogP contribution in [0.25, 0.3) is 0 Å². The van der Waals surface area contributed by atoms with E-state index in [4.69, 9.17) is 0 Å². The third-order valence-electron chi connectivity index (χ3n) is 2.55. The van der Waals surface area contributed by atoms with Crippen molar-refractivity contribution >= 4 is 17.5 Å². The van der Waals surface area contributed by atoms with Gasteiger partial charge in [0.05, 0.1) is 5.75 Å². The smallest absolute Gasteiger partial charge is 0.146 e. The molecule has 0 radical (unpaired) electrons. The topological polar surface area (TPSA) is 30.0 Å². The molecule has 2 nitrogen and oxygen atoms in total. The van der Waals surface area contributed by atoms with Gasteiger partial charge < -0.3 is 0 Å². The lowest BCUT2D eigenvalue weighted by molar-refractivity contribution is -0.119. The second kappa shape index (κ2) is 4.60. The van der Waals surface area contributed by atoms with E-state index in [2.05, 4.69) is 4.98 Å². The zero-order valence-electron chi connectivity index (χ0n) is 7.98. The molecule has 0 aromatic carbocycles. The number of aromatic nitrogens is 1. The Hall–Kier alpha value is -0.830. The zero-order valence-corrected chi connectivity index (χ0v) is 8.80. The zero-order chi connectivity index (χ0) is 9.80. The average Bonchev–Trinajstić information content (AvgIpc) is 2.63. The summed E-state index contributed by atoms with van der Waals surface area (Å²) in [5.74, 6) is 2.47. The summed E-state index contributed by atoms with van der Waals surface area (Å²) in [6.45, 7) is 0. The molecule has 3 heteroatoms. The predicted molar refractivity (Wildman–Crippen MR) is 58.4 cm³/mol. The summed E-state index contributed by atoms with van der Waals surface area (Å²) in [6.07, 6.45) is 5.61. The number of pyridine rings is 1. The molecule has 1 aromatic heterocycles. The fraction of sp³-hybridized carbons (Fsp3) is 0.455. The van der Waals surface area contributed by atoms with Crippen LogP contribution in [0.2, 0.25) is 0 Å². The first-order valence-corrected chi connectivity index (χ1v) is 6.01. The van der Waals surface area contributed by atoms with Gasteiger partial charge in [-0.05, 0) is 30.5 Å². The Bertz CT molecular complexity index is 312. The minimum atomic E-state index is 0.299. The lowest BCUT2D eigenvalue weighted by Crippen LogP contribution is -2.11. The number of Topliss-reactive ketones (excluding diaryl/α,β-unsaturated/α-hetero) is 1. The van der Waals surface area contributed by atoms with E-state index in [-0.39, 0.29) is 0 Å². The van der Waals surface area contributed by atoms with Crippen molar-refractivity contribution in [2.75, 3.05) is 11.5 Å². The van der Waals surface area contributed by atoms with Crippen LogP contribution < -0.4 is 0 Å². The van der Waals surface area contributed by atoms with Crippen molar-refractivity contribution in [1.29, 1.82) is 0 Å². The molecule has 1 aliphatic heterocycles. The van der Waals surface area contributed by atoms with E-state index in [1.54, 1.807) is 24.2 Å². The van der Waals surface area contributed by atoms with Crippen LogP contribution in [0, 0.1) is 5.92 Å². The molecule has 1 atom stereocenters. The van der Waals surface area contributed by atoms with Gasteiger partial charge in [0, 0.05) is 24.1 Å². The molecule has 1 unspecified atom stereocenters. The van der Waals surface area contributed by atoms with E-state index in [1.165, 1.54) is 5.56 Å². The fourth-order valence-electron chi connectivity index (χ4n) is 1.65.